The molecule has 0 aliphatic carbocycles. The molecule has 0 aliphatic heterocycles. The lowest BCUT2D eigenvalue weighted by Gasteiger charge is -2.07. The fourth-order valence-electron chi connectivity index (χ4n) is 1.99. The van der Waals surface area contributed by atoms with Crippen LogP contribution in [0.25, 0.3) is 0 Å². The van der Waals surface area contributed by atoms with E-state index in [1.54, 1.807) is 18.3 Å². The number of carbonyl (C=O) groups excluding carboxylic acids is 1. The standard InChI is InChI=1S/C17H20ClN3O/c1-13-5-6-15(10-16(13)18)17(22)21-9-3-8-20-12-14-4-2-7-19-11-14/h2,4-7,10-11,20H,3,8-9,12H2,1H3,(H,21,22). The molecule has 2 aromatic rings. The third kappa shape index (κ3) is 5.13. The summed E-state index contributed by atoms with van der Waals surface area (Å²) in [5.41, 5.74) is 2.72. The van der Waals surface area contributed by atoms with Crippen LogP contribution < -0.4 is 10.6 Å². The fourth-order valence-corrected chi connectivity index (χ4v) is 2.17. The highest BCUT2D eigenvalue weighted by Crippen LogP contribution is 2.16. The lowest BCUT2D eigenvalue weighted by atomic mass is 10.1. The number of nitrogens with one attached hydrogen (secondary N) is 2. The summed E-state index contributed by atoms with van der Waals surface area (Å²) >= 11 is 6.02. The molecule has 5 heteroatoms. The predicted molar refractivity (Wildman–Crippen MR) is 89.1 cm³/mol. The van der Waals surface area contributed by atoms with Crippen molar-refractivity contribution >= 4 is 17.5 Å². The number of aryl methyl sites for hydroxylation is 1. The first kappa shape index (κ1) is 16.5. The first-order valence-electron chi connectivity index (χ1n) is 7.31. The Morgan fingerprint density at radius 2 is 2.14 bits per heavy atom. The molecule has 0 radical (unpaired) electrons. The van der Waals surface area contributed by atoms with Gasteiger partial charge in [0.25, 0.3) is 5.91 Å². The van der Waals surface area contributed by atoms with E-state index in [-0.39, 0.29) is 5.91 Å². The summed E-state index contributed by atoms with van der Waals surface area (Å²) in [4.78, 5) is 16.0. The van der Waals surface area contributed by atoms with Gasteiger partial charge < -0.3 is 10.6 Å². The Morgan fingerprint density at radius 1 is 1.27 bits per heavy atom. The van der Waals surface area contributed by atoms with Crippen LogP contribution in [0, 0.1) is 6.92 Å². The van der Waals surface area contributed by atoms with E-state index in [1.807, 2.05) is 31.3 Å². The Hall–Kier alpha value is -1.91. The zero-order chi connectivity index (χ0) is 15.8. The number of pyridine rings is 1. The minimum atomic E-state index is -0.0887. The molecule has 1 amide bonds. The van der Waals surface area contributed by atoms with Crippen LogP contribution in [0.2, 0.25) is 5.02 Å². The van der Waals surface area contributed by atoms with Crippen LogP contribution in [0.5, 0.6) is 0 Å². The predicted octanol–water partition coefficient (Wildman–Crippen LogP) is 2.95. The smallest absolute Gasteiger partial charge is 0.251 e. The van der Waals surface area contributed by atoms with Crippen molar-refractivity contribution in [3.63, 3.8) is 0 Å². The van der Waals surface area contributed by atoms with Gasteiger partial charge in [-0.1, -0.05) is 23.7 Å². The topological polar surface area (TPSA) is 54.0 Å². The minimum Gasteiger partial charge on any atom is -0.352 e. The molecule has 2 rings (SSSR count). The molecule has 0 saturated carbocycles. The first-order chi connectivity index (χ1) is 10.7. The number of carbonyl (C=O) groups is 1. The quantitative estimate of drug-likeness (QED) is 0.772. The second-order valence-electron chi connectivity index (χ2n) is 5.11. The van der Waals surface area contributed by atoms with Crippen molar-refractivity contribution in [2.75, 3.05) is 13.1 Å². The van der Waals surface area contributed by atoms with E-state index < -0.39 is 0 Å². The van der Waals surface area contributed by atoms with E-state index in [4.69, 9.17) is 11.6 Å². The van der Waals surface area contributed by atoms with Gasteiger partial charge in [-0.05, 0) is 49.2 Å². The monoisotopic (exact) mass is 317 g/mol. The van der Waals surface area contributed by atoms with Gasteiger partial charge in [-0.25, -0.2) is 0 Å². The number of hydrogen-bond acceptors (Lipinski definition) is 3. The first-order valence-corrected chi connectivity index (χ1v) is 7.68. The lowest BCUT2D eigenvalue weighted by molar-refractivity contribution is 0.0953. The van der Waals surface area contributed by atoms with Gasteiger partial charge in [-0.3, -0.25) is 9.78 Å². The van der Waals surface area contributed by atoms with E-state index in [2.05, 4.69) is 15.6 Å². The van der Waals surface area contributed by atoms with Crippen LogP contribution in [0.15, 0.2) is 42.7 Å². The molecule has 0 aliphatic rings. The van der Waals surface area contributed by atoms with Crippen LogP contribution in [0.1, 0.15) is 27.9 Å². The summed E-state index contributed by atoms with van der Waals surface area (Å²) in [6, 6.07) is 9.30. The Labute approximate surface area is 135 Å². The van der Waals surface area contributed by atoms with Crippen molar-refractivity contribution in [3.05, 3.63) is 64.4 Å². The molecule has 2 N–H and O–H groups in total. The molecule has 0 saturated heterocycles. The maximum absolute atomic E-state index is 12.0. The van der Waals surface area contributed by atoms with Gasteiger partial charge in [0, 0.05) is 36.1 Å². The van der Waals surface area contributed by atoms with Crippen molar-refractivity contribution in [3.8, 4) is 0 Å². The van der Waals surface area contributed by atoms with E-state index in [9.17, 15) is 4.79 Å². The van der Waals surface area contributed by atoms with E-state index >= 15 is 0 Å². The number of amides is 1. The Kier molecular flexibility index (Phi) is 6.37. The van der Waals surface area contributed by atoms with Crippen molar-refractivity contribution in [2.24, 2.45) is 0 Å². The Bertz CT molecular complexity index is 617. The molecule has 1 aromatic carbocycles. The van der Waals surface area contributed by atoms with Crippen molar-refractivity contribution in [2.45, 2.75) is 19.9 Å². The lowest BCUT2D eigenvalue weighted by Crippen LogP contribution is -2.27. The SMILES string of the molecule is Cc1ccc(C(=O)NCCCNCc2cccnc2)cc1Cl. The van der Waals surface area contributed by atoms with Crippen molar-refractivity contribution in [1.29, 1.82) is 0 Å². The molecule has 1 aromatic heterocycles. The Morgan fingerprint density at radius 3 is 2.86 bits per heavy atom. The molecular formula is C17H20ClN3O. The summed E-state index contributed by atoms with van der Waals surface area (Å²) in [7, 11) is 0. The van der Waals surface area contributed by atoms with Gasteiger partial charge in [0.2, 0.25) is 0 Å². The molecular weight excluding hydrogens is 298 g/mol. The van der Waals surface area contributed by atoms with Gasteiger partial charge in [0.05, 0.1) is 0 Å². The molecule has 22 heavy (non-hydrogen) atoms. The summed E-state index contributed by atoms with van der Waals surface area (Å²) in [5.74, 6) is -0.0887. The van der Waals surface area contributed by atoms with Crippen molar-refractivity contribution in [1.82, 2.24) is 15.6 Å². The Balaban J connectivity index is 1.64. The second kappa shape index (κ2) is 8.51. The number of rotatable bonds is 7. The summed E-state index contributed by atoms with van der Waals surface area (Å²) in [5, 5.41) is 6.83. The summed E-state index contributed by atoms with van der Waals surface area (Å²) in [6.07, 6.45) is 4.47. The highest BCUT2D eigenvalue weighted by molar-refractivity contribution is 6.31. The van der Waals surface area contributed by atoms with Crippen molar-refractivity contribution < 1.29 is 4.79 Å². The van der Waals surface area contributed by atoms with Crippen LogP contribution in [0.4, 0.5) is 0 Å². The largest absolute Gasteiger partial charge is 0.352 e. The average molecular weight is 318 g/mol. The maximum atomic E-state index is 12.0. The van der Waals surface area contributed by atoms with Gasteiger partial charge in [0.1, 0.15) is 0 Å². The maximum Gasteiger partial charge on any atom is 0.251 e. The second-order valence-corrected chi connectivity index (χ2v) is 5.52. The summed E-state index contributed by atoms with van der Waals surface area (Å²) in [6.45, 7) is 4.17. The number of halogens is 1. The van der Waals surface area contributed by atoms with Gasteiger partial charge in [0.15, 0.2) is 0 Å². The zero-order valence-electron chi connectivity index (χ0n) is 12.6. The van der Waals surface area contributed by atoms with Crippen LogP contribution >= 0.6 is 11.6 Å². The fraction of sp³-hybridized carbons (Fsp3) is 0.294. The number of aromatic nitrogens is 1. The highest BCUT2D eigenvalue weighted by Gasteiger charge is 2.06. The summed E-state index contributed by atoms with van der Waals surface area (Å²) < 4.78 is 0. The van der Waals surface area contributed by atoms with Crippen LogP contribution in [-0.4, -0.2) is 24.0 Å². The minimum absolute atomic E-state index is 0.0887. The molecule has 4 nitrogen and oxygen atoms in total. The van der Waals surface area contributed by atoms with E-state index in [1.165, 1.54) is 0 Å². The van der Waals surface area contributed by atoms with Gasteiger partial charge in [-0.2, -0.15) is 0 Å². The molecule has 0 spiro atoms. The molecule has 116 valence electrons. The number of nitrogens with zero attached hydrogens (tertiary/aromatic N) is 1. The number of hydrogen-bond donors (Lipinski definition) is 2. The number of benzene rings is 1. The molecule has 0 atom stereocenters. The third-order valence-corrected chi connectivity index (χ3v) is 3.71. The van der Waals surface area contributed by atoms with Gasteiger partial charge >= 0.3 is 0 Å². The molecule has 0 unspecified atom stereocenters. The normalized spacial score (nSPS) is 10.5. The highest BCUT2D eigenvalue weighted by atomic mass is 35.5. The van der Waals surface area contributed by atoms with E-state index in [0.717, 1.165) is 30.6 Å². The van der Waals surface area contributed by atoms with E-state index in [0.29, 0.717) is 17.1 Å². The molecule has 0 bridgehead atoms. The molecule has 0 fully saturated rings. The van der Waals surface area contributed by atoms with Crippen LogP contribution in [-0.2, 0) is 6.54 Å². The zero-order valence-corrected chi connectivity index (χ0v) is 13.4. The molecule has 1 heterocycles. The van der Waals surface area contributed by atoms with Gasteiger partial charge in [-0.15, -0.1) is 0 Å². The van der Waals surface area contributed by atoms with Crippen LogP contribution in [0.3, 0.4) is 0 Å². The third-order valence-electron chi connectivity index (χ3n) is 3.30. The average Bonchev–Trinajstić information content (AvgIpc) is 2.54.